The minimum Gasteiger partial charge on any atom is -0.508 e. The number of fused-ring (bicyclic) bond motifs is 2. The van der Waals surface area contributed by atoms with Gasteiger partial charge >= 0.3 is 11.9 Å². The fourth-order valence-corrected chi connectivity index (χ4v) is 3.90. The summed E-state index contributed by atoms with van der Waals surface area (Å²) in [6, 6.07) is 18.7. The van der Waals surface area contributed by atoms with Crippen LogP contribution in [0.2, 0.25) is 0 Å². The van der Waals surface area contributed by atoms with Gasteiger partial charge in [0, 0.05) is 28.9 Å². The Hall–Kier alpha value is -4.85. The number of rotatable bonds is 5. The smallest absolute Gasteiger partial charge is 0.339 e. The van der Waals surface area contributed by atoms with Gasteiger partial charge in [0.2, 0.25) is 0 Å². The SMILES string of the molecule is O=C(O)c1ccccc1Nc1c(C(=O)O)cnc2ccc(-n3ccc4cc(O)ccc43)cc12. The molecule has 4 N–H and O–H groups in total. The lowest BCUT2D eigenvalue weighted by Gasteiger charge is -2.15. The zero-order valence-electron chi connectivity index (χ0n) is 17.1. The molecule has 0 aliphatic heterocycles. The molecule has 2 aromatic heterocycles. The van der Waals surface area contributed by atoms with E-state index in [2.05, 4.69) is 10.3 Å². The molecule has 162 valence electrons. The van der Waals surface area contributed by atoms with Crippen LogP contribution in [-0.2, 0) is 0 Å². The van der Waals surface area contributed by atoms with Crippen molar-refractivity contribution in [2.75, 3.05) is 5.32 Å². The Labute approximate surface area is 187 Å². The van der Waals surface area contributed by atoms with E-state index in [1.807, 2.05) is 22.9 Å². The second kappa shape index (κ2) is 7.69. The average molecular weight is 439 g/mol. The number of hydrogen-bond acceptors (Lipinski definition) is 5. The lowest BCUT2D eigenvalue weighted by atomic mass is 10.1. The molecule has 0 amide bonds. The van der Waals surface area contributed by atoms with E-state index in [0.29, 0.717) is 10.9 Å². The molecule has 5 aromatic rings. The third-order valence-corrected chi connectivity index (χ3v) is 5.45. The third-order valence-electron chi connectivity index (χ3n) is 5.45. The number of phenolic OH excluding ortho intramolecular Hbond substituents is 1. The standard InChI is InChI=1S/C25H17N3O5/c29-16-6-8-22-14(11-16)9-10-28(22)15-5-7-20-18(12-15)23(19(13-26-20)25(32)33)27-21-4-2-1-3-17(21)24(30)31/h1-13,29H,(H,26,27)(H,30,31)(H,32,33). The third kappa shape index (κ3) is 3.49. The van der Waals surface area contributed by atoms with Crippen molar-refractivity contribution in [2.24, 2.45) is 0 Å². The molecule has 0 atom stereocenters. The highest BCUT2D eigenvalue weighted by molar-refractivity contribution is 6.07. The normalized spacial score (nSPS) is 11.0. The number of nitrogens with one attached hydrogen (secondary N) is 1. The molecule has 8 heteroatoms. The van der Waals surface area contributed by atoms with Crippen molar-refractivity contribution in [3.63, 3.8) is 0 Å². The summed E-state index contributed by atoms with van der Waals surface area (Å²) in [5.74, 6) is -2.15. The van der Waals surface area contributed by atoms with Gasteiger partial charge in [-0.3, -0.25) is 4.98 Å². The van der Waals surface area contributed by atoms with Gasteiger partial charge in [-0.25, -0.2) is 9.59 Å². The summed E-state index contributed by atoms with van der Waals surface area (Å²) in [5, 5.41) is 33.5. The van der Waals surface area contributed by atoms with Gasteiger partial charge in [-0.1, -0.05) is 12.1 Å². The Morgan fingerprint density at radius 1 is 0.879 bits per heavy atom. The van der Waals surface area contributed by atoms with Gasteiger partial charge in [0.05, 0.1) is 28.0 Å². The number of benzene rings is 3. The number of carboxylic acids is 2. The molecule has 0 aliphatic rings. The maximum absolute atomic E-state index is 12.0. The summed E-state index contributed by atoms with van der Waals surface area (Å²) in [5.41, 5.74) is 2.62. The molecule has 0 radical (unpaired) electrons. The highest BCUT2D eigenvalue weighted by Gasteiger charge is 2.18. The molecule has 33 heavy (non-hydrogen) atoms. The van der Waals surface area contributed by atoms with Crippen molar-refractivity contribution >= 4 is 45.1 Å². The zero-order valence-corrected chi connectivity index (χ0v) is 17.1. The van der Waals surface area contributed by atoms with Crippen LogP contribution in [0.1, 0.15) is 20.7 Å². The van der Waals surface area contributed by atoms with Gasteiger partial charge in [-0.05, 0) is 54.6 Å². The second-order valence-corrected chi connectivity index (χ2v) is 7.46. The monoisotopic (exact) mass is 439 g/mol. The number of carbonyl (C=O) groups is 2. The summed E-state index contributed by atoms with van der Waals surface area (Å²) in [4.78, 5) is 27.9. The number of phenols is 1. The van der Waals surface area contributed by atoms with E-state index in [0.717, 1.165) is 16.6 Å². The molecular weight excluding hydrogens is 422 g/mol. The van der Waals surface area contributed by atoms with Crippen LogP contribution in [0.25, 0.3) is 27.5 Å². The molecular formula is C25H17N3O5. The second-order valence-electron chi connectivity index (χ2n) is 7.46. The molecule has 0 saturated heterocycles. The minimum absolute atomic E-state index is 0.0196. The van der Waals surface area contributed by atoms with Gasteiger partial charge in [0.25, 0.3) is 0 Å². The summed E-state index contributed by atoms with van der Waals surface area (Å²) in [7, 11) is 0. The fraction of sp³-hybridized carbons (Fsp3) is 0. The van der Waals surface area contributed by atoms with Crippen LogP contribution in [-0.4, -0.2) is 36.8 Å². The number of carboxylic acid groups (broad SMARTS) is 2. The first kappa shape index (κ1) is 20.1. The maximum Gasteiger partial charge on any atom is 0.339 e. The number of anilines is 2. The van der Waals surface area contributed by atoms with Crippen LogP contribution < -0.4 is 5.32 Å². The number of hydrogen-bond donors (Lipinski definition) is 4. The molecule has 3 aromatic carbocycles. The number of nitrogens with zero attached hydrogens (tertiary/aromatic N) is 2. The van der Waals surface area contributed by atoms with Gasteiger partial charge in [0.1, 0.15) is 11.3 Å². The van der Waals surface area contributed by atoms with E-state index in [1.165, 1.54) is 12.3 Å². The molecule has 2 heterocycles. The van der Waals surface area contributed by atoms with E-state index < -0.39 is 11.9 Å². The highest BCUT2D eigenvalue weighted by Crippen LogP contribution is 2.33. The van der Waals surface area contributed by atoms with Gasteiger partial charge < -0.3 is 25.2 Å². The van der Waals surface area contributed by atoms with Gasteiger partial charge in [-0.15, -0.1) is 0 Å². The van der Waals surface area contributed by atoms with Crippen LogP contribution in [0, 0.1) is 0 Å². The lowest BCUT2D eigenvalue weighted by Crippen LogP contribution is -2.08. The summed E-state index contributed by atoms with van der Waals surface area (Å²) in [6.07, 6.45) is 3.11. The molecule has 0 spiro atoms. The lowest BCUT2D eigenvalue weighted by molar-refractivity contribution is 0.0687. The molecule has 0 aliphatic carbocycles. The summed E-state index contributed by atoms with van der Waals surface area (Å²) < 4.78 is 1.91. The summed E-state index contributed by atoms with van der Waals surface area (Å²) >= 11 is 0. The average Bonchev–Trinajstić information content (AvgIpc) is 3.22. The Kier molecular flexibility index (Phi) is 4.68. The topological polar surface area (TPSA) is 125 Å². The van der Waals surface area contributed by atoms with Crippen molar-refractivity contribution in [2.45, 2.75) is 0 Å². The fourth-order valence-electron chi connectivity index (χ4n) is 3.90. The van der Waals surface area contributed by atoms with E-state index >= 15 is 0 Å². The Morgan fingerprint density at radius 2 is 1.67 bits per heavy atom. The zero-order chi connectivity index (χ0) is 23.1. The van der Waals surface area contributed by atoms with E-state index in [-0.39, 0.29) is 28.3 Å². The van der Waals surface area contributed by atoms with Crippen molar-refractivity contribution in [3.05, 3.63) is 90.3 Å². The number of pyridine rings is 1. The van der Waals surface area contributed by atoms with E-state index in [9.17, 15) is 24.9 Å². The first-order valence-corrected chi connectivity index (χ1v) is 9.98. The molecule has 0 fully saturated rings. The van der Waals surface area contributed by atoms with Crippen LogP contribution >= 0.6 is 0 Å². The Balaban J connectivity index is 1.73. The van der Waals surface area contributed by atoms with Gasteiger partial charge in [0.15, 0.2) is 0 Å². The predicted octanol–water partition coefficient (Wildman–Crippen LogP) is 5.02. The maximum atomic E-state index is 12.0. The number of para-hydroxylation sites is 1. The minimum atomic E-state index is -1.19. The molecule has 5 rings (SSSR count). The first-order valence-electron chi connectivity index (χ1n) is 9.98. The quantitative estimate of drug-likeness (QED) is 0.303. The number of aromatic nitrogens is 2. The molecule has 8 nitrogen and oxygen atoms in total. The number of aromatic carboxylic acids is 2. The molecule has 0 bridgehead atoms. The van der Waals surface area contributed by atoms with E-state index in [4.69, 9.17) is 0 Å². The van der Waals surface area contributed by atoms with Crippen molar-refractivity contribution in [1.82, 2.24) is 9.55 Å². The Bertz CT molecular complexity index is 1570. The van der Waals surface area contributed by atoms with Crippen molar-refractivity contribution < 1.29 is 24.9 Å². The van der Waals surface area contributed by atoms with Gasteiger partial charge in [-0.2, -0.15) is 0 Å². The Morgan fingerprint density at radius 3 is 2.45 bits per heavy atom. The van der Waals surface area contributed by atoms with Crippen LogP contribution in [0.3, 0.4) is 0 Å². The van der Waals surface area contributed by atoms with Crippen molar-refractivity contribution in [3.8, 4) is 11.4 Å². The van der Waals surface area contributed by atoms with E-state index in [1.54, 1.807) is 48.5 Å². The predicted molar refractivity (Wildman–Crippen MR) is 124 cm³/mol. The number of aromatic hydroxyl groups is 1. The summed E-state index contributed by atoms with van der Waals surface area (Å²) in [6.45, 7) is 0. The molecule has 0 saturated carbocycles. The van der Waals surface area contributed by atoms with Crippen LogP contribution in [0.15, 0.2) is 79.1 Å². The highest BCUT2D eigenvalue weighted by atomic mass is 16.4. The van der Waals surface area contributed by atoms with Crippen molar-refractivity contribution in [1.29, 1.82) is 0 Å². The largest absolute Gasteiger partial charge is 0.508 e. The molecule has 0 unspecified atom stereocenters. The first-order chi connectivity index (χ1) is 15.9. The van der Waals surface area contributed by atoms with Crippen LogP contribution in [0.5, 0.6) is 5.75 Å². The van der Waals surface area contributed by atoms with Crippen LogP contribution in [0.4, 0.5) is 11.4 Å².